The van der Waals surface area contributed by atoms with Crippen molar-refractivity contribution in [2.24, 2.45) is 11.8 Å². The van der Waals surface area contributed by atoms with Gasteiger partial charge in [0.25, 0.3) is 5.88 Å². The van der Waals surface area contributed by atoms with E-state index in [-0.39, 0.29) is 66.0 Å². The van der Waals surface area contributed by atoms with E-state index in [1.165, 1.54) is 6.92 Å². The molecule has 2 aromatic heterocycles. The lowest BCUT2D eigenvalue weighted by Crippen LogP contribution is -2.68. The predicted octanol–water partition coefficient (Wildman–Crippen LogP) is 8.24. The Balaban J connectivity index is 1.43. The van der Waals surface area contributed by atoms with Gasteiger partial charge >= 0.3 is 0 Å². The van der Waals surface area contributed by atoms with Crippen molar-refractivity contribution < 1.29 is 37.9 Å². The van der Waals surface area contributed by atoms with Crippen molar-refractivity contribution in [3.63, 3.8) is 0 Å². The molecule has 4 atom stereocenters. The van der Waals surface area contributed by atoms with Gasteiger partial charge in [0.15, 0.2) is 31.2 Å². The van der Waals surface area contributed by atoms with E-state index in [0.29, 0.717) is 15.9 Å². The molecule has 3 aliphatic carbocycles. The van der Waals surface area contributed by atoms with Crippen LogP contribution in [0.3, 0.4) is 0 Å². The number of rotatable bonds is 10. The van der Waals surface area contributed by atoms with E-state index in [9.17, 15) is 9.90 Å². The minimum Gasteiger partial charge on any atom is -0.507 e. The summed E-state index contributed by atoms with van der Waals surface area (Å²) in [6.07, 6.45) is 0.569. The summed E-state index contributed by atoms with van der Waals surface area (Å²) in [7, 11) is 0.806. The van der Waals surface area contributed by atoms with Crippen molar-refractivity contribution in [1.82, 2.24) is 15.0 Å². The zero-order valence-electron chi connectivity index (χ0n) is 32.9. The van der Waals surface area contributed by atoms with Crippen LogP contribution in [0.5, 0.6) is 11.6 Å². The maximum Gasteiger partial charge on any atom is 0.265 e. The molecule has 0 unspecified atom stereocenters. The summed E-state index contributed by atoms with van der Waals surface area (Å²) in [5, 5.41) is 19.1. The molecule has 2 N–H and O–H groups in total. The van der Waals surface area contributed by atoms with Gasteiger partial charge in [-0.1, -0.05) is 81.4 Å². The zero-order chi connectivity index (χ0) is 40.3. The SMILES string of the molecule is CC(=O)Nc1nc(Br)c2c(c1OCc1ccccc1)C(O)=C1C(=O)[C@]3(O[Si](C)(C)C(C)(C)C)C(=O)c4c(OCc5ccccc5)noc4[C@@H](N(C)C)[C@@H]3C[C@@H]1C2. The first-order chi connectivity index (χ1) is 26.5. The summed E-state index contributed by atoms with van der Waals surface area (Å²) in [5.41, 5.74) is 0.602. The lowest BCUT2D eigenvalue weighted by atomic mass is 9.57. The van der Waals surface area contributed by atoms with Gasteiger partial charge in [-0.25, -0.2) is 4.98 Å². The number of carbonyl (C=O) groups excluding carboxylic acids is 3. The Morgan fingerprint density at radius 3 is 2.18 bits per heavy atom. The molecular formula is C42H47BrN4O8Si. The fourth-order valence-corrected chi connectivity index (χ4v) is 9.96. The highest BCUT2D eigenvalue weighted by Crippen LogP contribution is 2.59. The average molecular weight is 844 g/mol. The first-order valence-electron chi connectivity index (χ1n) is 18.7. The standard InChI is InChI=1S/C42H47BrN4O8Si/c1-23(48)44-39-35(52-21-24-15-11-9-12-16-24)30-27(38(43)45-39)19-26-20-28-32(47(5)6)34-31(40(46-54-34)53-22-25-17-13-10-14-18-25)37(51)42(28,36(50)29(26)33(30)49)55-56(7,8)41(2,3)4/h9-18,26,28,32,49H,19-22H2,1-8H3,(H,44,45,48)/t26-,28-,32-,42-/m0/s1. The van der Waals surface area contributed by atoms with Crippen LogP contribution in [0.25, 0.3) is 5.76 Å². The molecule has 0 radical (unpaired) electrons. The summed E-state index contributed by atoms with van der Waals surface area (Å²) in [6.45, 7) is 11.7. The minimum atomic E-state index is -2.94. The van der Waals surface area contributed by atoms with Crippen molar-refractivity contribution >= 4 is 53.3 Å². The third-order valence-electron chi connectivity index (χ3n) is 11.6. The van der Waals surface area contributed by atoms with Gasteiger partial charge in [-0.05, 0) is 83.2 Å². The van der Waals surface area contributed by atoms with Crippen molar-refractivity contribution in [2.75, 3.05) is 19.4 Å². The average Bonchev–Trinajstić information content (AvgIpc) is 3.55. The van der Waals surface area contributed by atoms with Crippen molar-refractivity contribution in [1.29, 1.82) is 0 Å². The molecule has 56 heavy (non-hydrogen) atoms. The Labute approximate surface area is 335 Å². The molecular weight excluding hydrogens is 796 g/mol. The maximum absolute atomic E-state index is 15.8. The normalized spacial score (nSPS) is 21.9. The molecule has 0 spiro atoms. The monoisotopic (exact) mass is 842 g/mol. The van der Waals surface area contributed by atoms with Gasteiger partial charge in [0.05, 0.1) is 11.6 Å². The molecule has 4 aromatic rings. The molecule has 1 amide bonds. The Morgan fingerprint density at radius 2 is 1.61 bits per heavy atom. The van der Waals surface area contributed by atoms with Crippen LogP contribution in [0.15, 0.2) is 75.4 Å². The van der Waals surface area contributed by atoms with Crippen molar-refractivity contribution in [2.45, 2.75) is 83.5 Å². The highest BCUT2D eigenvalue weighted by molar-refractivity contribution is 9.10. The zero-order valence-corrected chi connectivity index (χ0v) is 35.4. The molecule has 1 fully saturated rings. The van der Waals surface area contributed by atoms with Crippen LogP contribution in [0.4, 0.5) is 5.82 Å². The second kappa shape index (κ2) is 14.7. The van der Waals surface area contributed by atoms with E-state index in [1.54, 1.807) is 0 Å². The fraction of sp³-hybridized carbons (Fsp3) is 0.405. The number of nitrogens with one attached hydrogen (secondary N) is 1. The van der Waals surface area contributed by atoms with Gasteiger partial charge in [0, 0.05) is 24.0 Å². The number of hydrogen-bond acceptors (Lipinski definition) is 11. The van der Waals surface area contributed by atoms with Crippen LogP contribution in [-0.2, 0) is 33.6 Å². The van der Waals surface area contributed by atoms with E-state index < -0.39 is 54.3 Å². The number of carbonyl (C=O) groups is 3. The Kier molecular flexibility index (Phi) is 10.4. The number of pyridine rings is 1. The summed E-state index contributed by atoms with van der Waals surface area (Å²) < 4.78 is 26.1. The molecule has 2 heterocycles. The molecule has 0 bridgehead atoms. The fourth-order valence-electron chi connectivity index (χ4n) is 7.98. The van der Waals surface area contributed by atoms with Gasteiger partial charge in [-0.2, -0.15) is 0 Å². The van der Waals surface area contributed by atoms with Crippen LogP contribution in [-0.4, -0.2) is 65.6 Å². The van der Waals surface area contributed by atoms with E-state index in [1.807, 2.05) is 92.8 Å². The quantitative estimate of drug-likeness (QED) is 0.0902. The van der Waals surface area contributed by atoms with Crippen LogP contribution < -0.4 is 14.8 Å². The second-order valence-corrected chi connectivity index (χ2v) is 22.0. The van der Waals surface area contributed by atoms with Gasteiger partial charge in [-0.3, -0.25) is 19.3 Å². The summed E-state index contributed by atoms with van der Waals surface area (Å²) in [4.78, 5) is 50.3. The maximum atomic E-state index is 15.8. The van der Waals surface area contributed by atoms with Crippen LogP contribution >= 0.6 is 15.9 Å². The number of nitrogens with zero attached hydrogens (tertiary/aromatic N) is 3. The molecule has 12 nitrogen and oxygen atoms in total. The number of hydrogen-bond donors (Lipinski definition) is 2. The van der Waals surface area contributed by atoms with E-state index in [0.717, 1.165) is 11.1 Å². The number of ketones is 2. The van der Waals surface area contributed by atoms with E-state index in [4.69, 9.17) is 18.4 Å². The smallest absolute Gasteiger partial charge is 0.265 e. The van der Waals surface area contributed by atoms with Gasteiger partial charge < -0.3 is 28.8 Å². The third kappa shape index (κ3) is 6.69. The molecule has 3 aliphatic rings. The largest absolute Gasteiger partial charge is 0.507 e. The summed E-state index contributed by atoms with van der Waals surface area (Å²) in [5.74, 6) is -2.75. The number of aliphatic hydroxyl groups excluding tert-OH is 1. The molecule has 0 saturated heterocycles. The Morgan fingerprint density at radius 1 is 1.00 bits per heavy atom. The highest BCUT2D eigenvalue weighted by atomic mass is 79.9. The van der Waals surface area contributed by atoms with Gasteiger partial charge in [-0.15, -0.1) is 0 Å². The van der Waals surface area contributed by atoms with Crippen LogP contribution in [0.1, 0.15) is 78.5 Å². The molecule has 0 aliphatic heterocycles. The number of Topliss-reactive ketones (excluding diaryl/α,β-unsaturated/α-hetero) is 2. The number of aliphatic hydroxyl groups is 1. The third-order valence-corrected chi connectivity index (χ3v) is 16.7. The number of aromatic nitrogens is 2. The minimum absolute atomic E-state index is 0.0222. The van der Waals surface area contributed by atoms with Crippen molar-refractivity contribution in [3.05, 3.63) is 104 Å². The summed E-state index contributed by atoms with van der Waals surface area (Å²) in [6, 6.07) is 18.3. The molecule has 2 aromatic carbocycles. The van der Waals surface area contributed by atoms with E-state index in [2.05, 4.69) is 52.2 Å². The van der Waals surface area contributed by atoms with Crippen LogP contribution in [0, 0.1) is 11.8 Å². The predicted molar refractivity (Wildman–Crippen MR) is 216 cm³/mol. The number of anilines is 1. The van der Waals surface area contributed by atoms with Crippen LogP contribution in [0.2, 0.25) is 18.1 Å². The topological polar surface area (TPSA) is 153 Å². The number of fused-ring (bicyclic) bond motifs is 4. The first kappa shape index (κ1) is 39.6. The molecule has 7 rings (SSSR count). The second-order valence-electron chi connectivity index (χ2n) is 16.6. The highest BCUT2D eigenvalue weighted by Gasteiger charge is 2.69. The summed E-state index contributed by atoms with van der Waals surface area (Å²) >= 11 is 3.60. The van der Waals surface area contributed by atoms with E-state index >= 15 is 9.59 Å². The lowest BCUT2D eigenvalue weighted by molar-refractivity contribution is -0.140. The lowest BCUT2D eigenvalue weighted by Gasteiger charge is -2.55. The number of benzene rings is 2. The number of halogens is 1. The molecule has 294 valence electrons. The molecule has 14 heteroatoms. The first-order valence-corrected chi connectivity index (χ1v) is 22.4. The molecule has 1 saturated carbocycles. The Bertz CT molecular complexity index is 2230. The van der Waals surface area contributed by atoms with Gasteiger partial charge in [0.1, 0.15) is 29.1 Å². The van der Waals surface area contributed by atoms with Crippen molar-refractivity contribution in [3.8, 4) is 11.6 Å². The number of amides is 1. The number of ether oxygens (including phenoxy) is 2. The van der Waals surface area contributed by atoms with Gasteiger partial charge in [0.2, 0.25) is 17.5 Å². The Hall–Kier alpha value is -4.63.